The summed E-state index contributed by atoms with van der Waals surface area (Å²) in [4.78, 5) is 39.7. The van der Waals surface area contributed by atoms with Crippen molar-refractivity contribution in [2.24, 2.45) is 0 Å². The number of carbonyl (C=O) groups excluding carboxylic acids is 3. The quantitative estimate of drug-likeness (QED) is 0.541. The molecule has 1 heterocycles. The van der Waals surface area contributed by atoms with Crippen LogP contribution in [0.25, 0.3) is 10.8 Å². The van der Waals surface area contributed by atoms with Gasteiger partial charge in [0.15, 0.2) is 0 Å². The number of nitrogens with zero attached hydrogens (tertiary/aromatic N) is 1. The lowest BCUT2D eigenvalue weighted by atomic mass is 9.84. The first-order chi connectivity index (χ1) is 16.0. The van der Waals surface area contributed by atoms with Crippen LogP contribution in [0.2, 0.25) is 0 Å². The van der Waals surface area contributed by atoms with Crippen LogP contribution < -0.4 is 10.6 Å². The summed E-state index contributed by atoms with van der Waals surface area (Å²) in [5, 5.41) is 7.85. The first-order valence-corrected chi connectivity index (χ1v) is 11.5. The van der Waals surface area contributed by atoms with Gasteiger partial charge in [0, 0.05) is 0 Å². The molecule has 0 saturated carbocycles. The summed E-state index contributed by atoms with van der Waals surface area (Å²) in [5.74, 6) is -0.828. The molecule has 0 spiro atoms. The van der Waals surface area contributed by atoms with E-state index < -0.39 is 23.4 Å². The first kappa shape index (κ1) is 23.5. The molecular weight excluding hydrogens is 426 g/mol. The predicted molar refractivity (Wildman–Crippen MR) is 133 cm³/mol. The van der Waals surface area contributed by atoms with Crippen molar-refractivity contribution in [3.8, 4) is 0 Å². The Labute approximate surface area is 200 Å². The number of hydrogen-bond donors (Lipinski definition) is 2. The monoisotopic (exact) mass is 457 g/mol. The lowest BCUT2D eigenvalue weighted by Crippen LogP contribution is -2.43. The number of nitrogens with one attached hydrogen (secondary N) is 2. The molecule has 6 nitrogen and oxygen atoms in total. The second kappa shape index (κ2) is 8.60. The molecule has 6 heteroatoms. The van der Waals surface area contributed by atoms with Crippen LogP contribution in [0.4, 0.5) is 4.79 Å². The number of amides is 4. The number of benzene rings is 3. The van der Waals surface area contributed by atoms with Gasteiger partial charge in [0.1, 0.15) is 12.1 Å². The third-order valence-corrected chi connectivity index (χ3v) is 6.57. The van der Waals surface area contributed by atoms with E-state index in [9.17, 15) is 14.4 Å². The normalized spacial score (nSPS) is 19.3. The third-order valence-electron chi connectivity index (χ3n) is 6.57. The Morgan fingerprint density at radius 2 is 1.65 bits per heavy atom. The lowest BCUT2D eigenvalue weighted by molar-refractivity contribution is -0.135. The number of rotatable bonds is 5. The Bertz CT molecular complexity index is 1250. The van der Waals surface area contributed by atoms with Crippen LogP contribution in [-0.2, 0) is 20.5 Å². The fraction of sp³-hybridized carbons (Fsp3) is 0.321. The van der Waals surface area contributed by atoms with E-state index in [0.29, 0.717) is 5.56 Å². The molecule has 3 aromatic carbocycles. The van der Waals surface area contributed by atoms with Crippen molar-refractivity contribution < 1.29 is 14.4 Å². The average Bonchev–Trinajstić information content (AvgIpc) is 3.02. The van der Waals surface area contributed by atoms with Gasteiger partial charge in [-0.25, -0.2) is 4.79 Å². The van der Waals surface area contributed by atoms with Crippen LogP contribution in [0, 0.1) is 0 Å². The van der Waals surface area contributed by atoms with E-state index in [-0.39, 0.29) is 18.0 Å². The molecule has 176 valence electrons. The second-order valence-electron chi connectivity index (χ2n) is 10.1. The fourth-order valence-electron chi connectivity index (χ4n) is 4.48. The van der Waals surface area contributed by atoms with E-state index in [4.69, 9.17) is 0 Å². The van der Waals surface area contributed by atoms with Crippen molar-refractivity contribution >= 4 is 28.6 Å². The van der Waals surface area contributed by atoms with E-state index in [0.717, 1.165) is 26.8 Å². The Balaban J connectivity index is 1.48. The molecule has 1 aliphatic heterocycles. The minimum atomic E-state index is -1.21. The largest absolute Gasteiger partial charge is 0.348 e. The van der Waals surface area contributed by atoms with Crippen LogP contribution in [0.5, 0.6) is 0 Å². The first-order valence-electron chi connectivity index (χ1n) is 11.5. The van der Waals surface area contributed by atoms with Gasteiger partial charge in [-0.15, -0.1) is 0 Å². The van der Waals surface area contributed by atoms with Crippen LogP contribution in [-0.4, -0.2) is 29.3 Å². The van der Waals surface area contributed by atoms with Gasteiger partial charge in [-0.05, 0) is 46.7 Å². The van der Waals surface area contributed by atoms with Crippen LogP contribution in [0.3, 0.4) is 0 Å². The molecule has 0 bridgehead atoms. The topological polar surface area (TPSA) is 78.5 Å². The summed E-state index contributed by atoms with van der Waals surface area (Å²) in [7, 11) is 0. The van der Waals surface area contributed by atoms with E-state index >= 15 is 0 Å². The second-order valence-corrected chi connectivity index (χ2v) is 10.1. The van der Waals surface area contributed by atoms with E-state index in [1.807, 2.05) is 73.7 Å². The Kier molecular flexibility index (Phi) is 5.94. The number of hydrogen-bond acceptors (Lipinski definition) is 3. The summed E-state index contributed by atoms with van der Waals surface area (Å²) in [5.41, 5.74) is 1.57. The average molecular weight is 458 g/mol. The Morgan fingerprint density at radius 1 is 1.00 bits per heavy atom. The zero-order valence-electron chi connectivity index (χ0n) is 20.3. The zero-order valence-corrected chi connectivity index (χ0v) is 20.3. The highest BCUT2D eigenvalue weighted by atomic mass is 16.2. The highest BCUT2D eigenvalue weighted by Gasteiger charge is 2.49. The van der Waals surface area contributed by atoms with Crippen LogP contribution >= 0.6 is 0 Å². The highest BCUT2D eigenvalue weighted by Crippen LogP contribution is 2.31. The van der Waals surface area contributed by atoms with Gasteiger partial charge in [-0.1, -0.05) is 87.5 Å². The molecule has 0 aromatic heterocycles. The van der Waals surface area contributed by atoms with Crippen molar-refractivity contribution in [3.63, 3.8) is 0 Å². The maximum absolute atomic E-state index is 13.2. The number of urea groups is 1. The van der Waals surface area contributed by atoms with Crippen LogP contribution in [0.15, 0.2) is 66.7 Å². The van der Waals surface area contributed by atoms with Crippen molar-refractivity contribution in [2.45, 2.75) is 51.6 Å². The zero-order chi connectivity index (χ0) is 24.7. The van der Waals surface area contributed by atoms with Gasteiger partial charge in [-0.3, -0.25) is 14.5 Å². The molecule has 0 aliphatic carbocycles. The number of fused-ring (bicyclic) bond motifs is 1. The third kappa shape index (κ3) is 4.28. The molecule has 2 unspecified atom stereocenters. The molecule has 34 heavy (non-hydrogen) atoms. The molecule has 1 saturated heterocycles. The van der Waals surface area contributed by atoms with Crippen molar-refractivity contribution in [3.05, 3.63) is 83.4 Å². The molecule has 3 aromatic rings. The minimum Gasteiger partial charge on any atom is -0.348 e. The van der Waals surface area contributed by atoms with E-state index in [1.165, 1.54) is 0 Å². The smallest absolute Gasteiger partial charge is 0.325 e. The van der Waals surface area contributed by atoms with Gasteiger partial charge in [0.05, 0.1) is 6.04 Å². The Morgan fingerprint density at radius 3 is 2.32 bits per heavy atom. The van der Waals surface area contributed by atoms with E-state index in [1.54, 1.807) is 6.92 Å². The van der Waals surface area contributed by atoms with Crippen molar-refractivity contribution in [2.75, 3.05) is 6.54 Å². The molecule has 4 amide bonds. The number of carbonyl (C=O) groups is 3. The minimum absolute atomic E-state index is 0.0206. The molecule has 2 atom stereocenters. The van der Waals surface area contributed by atoms with Gasteiger partial charge >= 0.3 is 6.03 Å². The summed E-state index contributed by atoms with van der Waals surface area (Å²) in [6.07, 6.45) is 0. The molecular formula is C28H31N3O3. The number of imide groups is 1. The maximum Gasteiger partial charge on any atom is 0.325 e. The van der Waals surface area contributed by atoms with Crippen LogP contribution in [0.1, 0.15) is 57.4 Å². The molecule has 1 fully saturated rings. The van der Waals surface area contributed by atoms with E-state index in [2.05, 4.69) is 31.4 Å². The highest BCUT2D eigenvalue weighted by molar-refractivity contribution is 6.09. The van der Waals surface area contributed by atoms with Crippen molar-refractivity contribution in [1.82, 2.24) is 15.5 Å². The van der Waals surface area contributed by atoms with Gasteiger partial charge in [-0.2, -0.15) is 0 Å². The molecule has 0 radical (unpaired) electrons. The molecule has 4 rings (SSSR count). The Hall–Kier alpha value is -3.67. The summed E-state index contributed by atoms with van der Waals surface area (Å²) >= 11 is 0. The lowest BCUT2D eigenvalue weighted by Gasteiger charge is -2.25. The van der Waals surface area contributed by atoms with Gasteiger partial charge in [0.25, 0.3) is 5.91 Å². The SMILES string of the molecule is CC(NC(=O)CN1C(=O)NC(C)(c2ccc(C(C)(C)C)cc2)C1=O)c1cccc2ccccc12. The summed E-state index contributed by atoms with van der Waals surface area (Å²) in [6.45, 7) is 9.58. The summed E-state index contributed by atoms with van der Waals surface area (Å²) < 4.78 is 0. The van der Waals surface area contributed by atoms with Gasteiger partial charge in [0.2, 0.25) is 5.91 Å². The maximum atomic E-state index is 13.2. The fourth-order valence-corrected chi connectivity index (χ4v) is 4.48. The van der Waals surface area contributed by atoms with Gasteiger partial charge < -0.3 is 10.6 Å². The molecule has 1 aliphatic rings. The standard InChI is InChI=1S/C28H31N3O3/c1-18(22-12-8-10-19-9-6-7-11-23(19)22)29-24(32)17-31-25(33)28(5,30-26(31)34)21-15-13-20(14-16-21)27(2,3)4/h6-16,18H,17H2,1-5H3,(H,29,32)(H,30,34). The molecule has 2 N–H and O–H groups in total. The van der Waals surface area contributed by atoms with Crippen molar-refractivity contribution in [1.29, 1.82) is 0 Å². The predicted octanol–water partition coefficient (Wildman–Crippen LogP) is 4.78. The summed E-state index contributed by atoms with van der Waals surface area (Å²) in [6, 6.07) is 20.7.